The highest BCUT2D eigenvalue weighted by atomic mass is 16.3. The molecule has 1 saturated heterocycles. The molecule has 7 heteroatoms. The van der Waals surface area contributed by atoms with E-state index in [2.05, 4.69) is 20.4 Å². The molecule has 1 aliphatic rings. The second-order valence-electron chi connectivity index (χ2n) is 6.34. The predicted octanol–water partition coefficient (Wildman–Crippen LogP) is 1.36. The van der Waals surface area contributed by atoms with E-state index in [-0.39, 0.29) is 24.3 Å². The number of hydrogen-bond donors (Lipinski definition) is 4. The topological polar surface area (TPSA) is 101 Å². The number of benzene rings is 1. The maximum atomic E-state index is 12.2. The van der Waals surface area contributed by atoms with Gasteiger partial charge in [-0.1, -0.05) is 6.42 Å². The third kappa shape index (κ3) is 4.37. The zero-order valence-corrected chi connectivity index (χ0v) is 14.1. The van der Waals surface area contributed by atoms with Crippen LogP contribution in [0.4, 0.5) is 0 Å². The van der Waals surface area contributed by atoms with Crippen molar-refractivity contribution in [3.63, 3.8) is 0 Å². The Bertz CT molecular complexity index is 699. The summed E-state index contributed by atoms with van der Waals surface area (Å²) in [5.74, 6) is -0.00812. The number of nitrogens with zero attached hydrogens (tertiary/aromatic N) is 2. The van der Waals surface area contributed by atoms with Crippen LogP contribution in [0.25, 0.3) is 11.3 Å². The molecule has 7 nitrogen and oxygen atoms in total. The first-order valence-corrected chi connectivity index (χ1v) is 8.65. The van der Waals surface area contributed by atoms with Gasteiger partial charge in [0.1, 0.15) is 11.4 Å². The summed E-state index contributed by atoms with van der Waals surface area (Å²) in [5.41, 5.74) is 1.88. The molecular formula is C18H24N4O3. The second kappa shape index (κ2) is 8.13. The lowest BCUT2D eigenvalue weighted by molar-refractivity contribution is 0.0847. The molecule has 1 aliphatic heterocycles. The average molecular weight is 344 g/mol. The SMILES string of the molecule is O=C(NCCN1CCCC[C@@H]1CO)c1cc(-c2ccc(O)cc2)n[nH]1. The summed E-state index contributed by atoms with van der Waals surface area (Å²) in [6.45, 7) is 2.40. The summed E-state index contributed by atoms with van der Waals surface area (Å²) in [6, 6.07) is 8.56. The van der Waals surface area contributed by atoms with Crippen molar-refractivity contribution in [3.8, 4) is 17.0 Å². The molecule has 0 radical (unpaired) electrons. The van der Waals surface area contributed by atoms with Gasteiger partial charge in [-0.25, -0.2) is 0 Å². The van der Waals surface area contributed by atoms with E-state index in [0.29, 0.717) is 17.9 Å². The largest absolute Gasteiger partial charge is 0.508 e. The predicted molar refractivity (Wildman–Crippen MR) is 94.3 cm³/mol. The number of amides is 1. The highest BCUT2D eigenvalue weighted by molar-refractivity contribution is 5.93. The summed E-state index contributed by atoms with van der Waals surface area (Å²) >= 11 is 0. The molecule has 4 N–H and O–H groups in total. The van der Waals surface area contributed by atoms with E-state index in [1.165, 1.54) is 0 Å². The number of rotatable bonds is 6. The maximum Gasteiger partial charge on any atom is 0.269 e. The highest BCUT2D eigenvalue weighted by Gasteiger charge is 2.21. The third-order valence-electron chi connectivity index (χ3n) is 4.63. The van der Waals surface area contributed by atoms with Crippen molar-refractivity contribution in [2.24, 2.45) is 0 Å². The van der Waals surface area contributed by atoms with Gasteiger partial charge in [-0.2, -0.15) is 5.10 Å². The molecule has 0 unspecified atom stereocenters. The fourth-order valence-corrected chi connectivity index (χ4v) is 3.19. The Morgan fingerprint density at radius 2 is 2.12 bits per heavy atom. The van der Waals surface area contributed by atoms with E-state index in [1.807, 2.05) is 0 Å². The van der Waals surface area contributed by atoms with Crippen molar-refractivity contribution in [1.82, 2.24) is 20.4 Å². The third-order valence-corrected chi connectivity index (χ3v) is 4.63. The Kier molecular flexibility index (Phi) is 5.67. The Morgan fingerprint density at radius 1 is 1.32 bits per heavy atom. The summed E-state index contributed by atoms with van der Waals surface area (Å²) in [6.07, 6.45) is 3.31. The number of aromatic amines is 1. The fraction of sp³-hybridized carbons (Fsp3) is 0.444. The lowest BCUT2D eigenvalue weighted by Gasteiger charge is -2.34. The van der Waals surface area contributed by atoms with Gasteiger partial charge < -0.3 is 15.5 Å². The van der Waals surface area contributed by atoms with Gasteiger partial charge in [-0.3, -0.25) is 14.8 Å². The molecule has 2 heterocycles. The van der Waals surface area contributed by atoms with E-state index in [9.17, 15) is 15.0 Å². The molecule has 3 rings (SSSR count). The minimum Gasteiger partial charge on any atom is -0.508 e. The molecule has 1 aromatic carbocycles. The normalized spacial score (nSPS) is 18.2. The summed E-state index contributed by atoms with van der Waals surface area (Å²) in [4.78, 5) is 14.5. The van der Waals surface area contributed by atoms with E-state index in [1.54, 1.807) is 30.3 Å². The van der Waals surface area contributed by atoms with Gasteiger partial charge in [-0.15, -0.1) is 0 Å². The first-order chi connectivity index (χ1) is 12.2. The fourth-order valence-electron chi connectivity index (χ4n) is 3.19. The van der Waals surface area contributed by atoms with Gasteiger partial charge in [0, 0.05) is 24.7 Å². The summed E-state index contributed by atoms with van der Waals surface area (Å²) < 4.78 is 0. The van der Waals surface area contributed by atoms with Crippen LogP contribution < -0.4 is 5.32 Å². The van der Waals surface area contributed by atoms with Crippen molar-refractivity contribution in [2.45, 2.75) is 25.3 Å². The number of H-pyrrole nitrogens is 1. The smallest absolute Gasteiger partial charge is 0.269 e. The Labute approximate surface area is 146 Å². The van der Waals surface area contributed by atoms with Gasteiger partial charge in [-0.05, 0) is 49.7 Å². The first kappa shape index (κ1) is 17.4. The van der Waals surface area contributed by atoms with Crippen molar-refractivity contribution < 1.29 is 15.0 Å². The van der Waals surface area contributed by atoms with Crippen molar-refractivity contribution >= 4 is 5.91 Å². The molecular weight excluding hydrogens is 320 g/mol. The zero-order valence-electron chi connectivity index (χ0n) is 14.1. The van der Waals surface area contributed by atoms with E-state index >= 15 is 0 Å². The van der Waals surface area contributed by atoms with Crippen LogP contribution in [0.1, 0.15) is 29.8 Å². The van der Waals surface area contributed by atoms with Gasteiger partial charge in [0.2, 0.25) is 0 Å². The number of nitrogens with one attached hydrogen (secondary N) is 2. The van der Waals surface area contributed by atoms with E-state index < -0.39 is 0 Å². The summed E-state index contributed by atoms with van der Waals surface area (Å²) in [7, 11) is 0. The molecule has 134 valence electrons. The van der Waals surface area contributed by atoms with Crippen LogP contribution in [0.3, 0.4) is 0 Å². The molecule has 0 bridgehead atoms. The number of likely N-dealkylation sites (tertiary alicyclic amines) is 1. The van der Waals surface area contributed by atoms with Gasteiger partial charge >= 0.3 is 0 Å². The zero-order chi connectivity index (χ0) is 17.6. The van der Waals surface area contributed by atoms with Gasteiger partial charge in [0.05, 0.1) is 12.3 Å². The number of aliphatic hydroxyl groups is 1. The molecule has 1 atom stereocenters. The number of phenols is 1. The highest BCUT2D eigenvalue weighted by Crippen LogP contribution is 2.20. The van der Waals surface area contributed by atoms with Crippen molar-refractivity contribution in [1.29, 1.82) is 0 Å². The van der Waals surface area contributed by atoms with Crippen molar-refractivity contribution in [3.05, 3.63) is 36.0 Å². The Balaban J connectivity index is 1.52. The number of carbonyl (C=O) groups excluding carboxylic acids is 1. The lowest BCUT2D eigenvalue weighted by Crippen LogP contribution is -2.45. The number of carbonyl (C=O) groups is 1. The quantitative estimate of drug-likeness (QED) is 0.634. The molecule has 0 aliphatic carbocycles. The number of phenolic OH excluding ortho intramolecular Hbond substituents is 1. The molecule has 0 saturated carbocycles. The monoisotopic (exact) mass is 344 g/mol. The molecule has 2 aromatic rings. The number of piperidine rings is 1. The number of aromatic nitrogens is 2. The van der Waals surface area contributed by atoms with E-state index in [4.69, 9.17) is 0 Å². The average Bonchev–Trinajstić information content (AvgIpc) is 3.13. The minimum atomic E-state index is -0.199. The first-order valence-electron chi connectivity index (χ1n) is 8.65. The van der Waals surface area contributed by atoms with Crippen LogP contribution in [-0.4, -0.2) is 63.5 Å². The Morgan fingerprint density at radius 3 is 2.88 bits per heavy atom. The Hall–Kier alpha value is -2.38. The van der Waals surface area contributed by atoms with Crippen LogP contribution in [0.2, 0.25) is 0 Å². The number of aliphatic hydroxyl groups excluding tert-OH is 1. The molecule has 0 spiro atoms. The lowest BCUT2D eigenvalue weighted by atomic mass is 10.0. The molecule has 25 heavy (non-hydrogen) atoms. The minimum absolute atomic E-state index is 0.171. The van der Waals surface area contributed by atoms with Crippen LogP contribution in [-0.2, 0) is 0 Å². The van der Waals surface area contributed by atoms with Crippen molar-refractivity contribution in [2.75, 3.05) is 26.2 Å². The number of hydrogen-bond acceptors (Lipinski definition) is 5. The maximum absolute atomic E-state index is 12.2. The molecule has 1 fully saturated rings. The van der Waals surface area contributed by atoms with Gasteiger partial charge in [0.15, 0.2) is 0 Å². The van der Waals surface area contributed by atoms with Gasteiger partial charge in [0.25, 0.3) is 5.91 Å². The summed E-state index contributed by atoms with van der Waals surface area (Å²) in [5, 5.41) is 28.5. The van der Waals surface area contributed by atoms with Crippen LogP contribution in [0.15, 0.2) is 30.3 Å². The van der Waals surface area contributed by atoms with Crippen LogP contribution >= 0.6 is 0 Å². The second-order valence-corrected chi connectivity index (χ2v) is 6.34. The van der Waals surface area contributed by atoms with E-state index in [0.717, 1.165) is 37.9 Å². The number of aromatic hydroxyl groups is 1. The standard InChI is InChI=1S/C18H24N4O3/c23-12-14-3-1-2-9-22(14)10-8-19-18(25)17-11-16(20-21-17)13-4-6-15(24)7-5-13/h4-7,11,14,23-24H,1-3,8-10,12H2,(H,19,25)(H,20,21)/t14-/m1/s1. The molecule has 1 amide bonds. The van der Waals surface area contributed by atoms with Crippen LogP contribution in [0.5, 0.6) is 5.75 Å². The van der Waals surface area contributed by atoms with Crippen LogP contribution in [0, 0.1) is 0 Å². The molecule has 1 aromatic heterocycles.